The first-order chi connectivity index (χ1) is 13.6. The van der Waals surface area contributed by atoms with Gasteiger partial charge in [0, 0.05) is 6.54 Å². The summed E-state index contributed by atoms with van der Waals surface area (Å²) in [6, 6.07) is 4.48. The summed E-state index contributed by atoms with van der Waals surface area (Å²) < 4.78 is 17.5. The normalized spacial score (nSPS) is 18.2. The van der Waals surface area contributed by atoms with Gasteiger partial charge in [-0.3, -0.25) is 4.79 Å². The van der Waals surface area contributed by atoms with Gasteiger partial charge in [-0.25, -0.2) is 4.79 Å². The fourth-order valence-electron chi connectivity index (χ4n) is 2.74. The lowest BCUT2D eigenvalue weighted by atomic mass is 9.77. The molecule has 30 heavy (non-hydrogen) atoms. The molecule has 0 aliphatic carbocycles. The zero-order valence-electron chi connectivity index (χ0n) is 18.7. The Labute approximate surface area is 177 Å². The Balaban J connectivity index is 2.34. The Morgan fingerprint density at radius 3 is 2.27 bits per heavy atom. The van der Waals surface area contributed by atoms with Crippen molar-refractivity contribution in [2.45, 2.75) is 65.3 Å². The van der Waals surface area contributed by atoms with Gasteiger partial charge in [0.1, 0.15) is 11.4 Å². The number of nitrogens with one attached hydrogen (secondary N) is 1. The largest absolute Gasteiger partial charge is 0.507 e. The molecule has 164 valence electrons. The highest BCUT2D eigenvalue weighted by Gasteiger charge is 2.52. The highest BCUT2D eigenvalue weighted by molar-refractivity contribution is 6.56. The minimum absolute atomic E-state index is 0.00267. The van der Waals surface area contributed by atoms with Crippen molar-refractivity contribution in [3.63, 3.8) is 0 Å². The van der Waals surface area contributed by atoms with Gasteiger partial charge in [-0.1, -0.05) is 12.1 Å². The number of nitrogens with two attached hydrogens (primary N) is 1. The van der Waals surface area contributed by atoms with Gasteiger partial charge in [0.2, 0.25) is 0 Å². The smallest absolute Gasteiger partial charge is 0.492 e. The predicted octanol–water partition coefficient (Wildman–Crippen LogP) is 3.03. The van der Waals surface area contributed by atoms with E-state index in [1.165, 1.54) is 12.1 Å². The summed E-state index contributed by atoms with van der Waals surface area (Å²) in [6.07, 6.45) is 1.15. The Kier molecular flexibility index (Phi) is 6.59. The number of carbonyl (C=O) groups excluding carboxylic acids is 2. The molecule has 4 N–H and O–H groups in total. The van der Waals surface area contributed by atoms with Gasteiger partial charge in [-0.05, 0) is 71.6 Å². The van der Waals surface area contributed by atoms with E-state index in [1.54, 1.807) is 32.9 Å². The molecule has 0 aromatic heterocycles. The van der Waals surface area contributed by atoms with Gasteiger partial charge in [-0.2, -0.15) is 0 Å². The number of carbonyl (C=O) groups is 2. The van der Waals surface area contributed by atoms with E-state index in [9.17, 15) is 14.7 Å². The van der Waals surface area contributed by atoms with Crippen molar-refractivity contribution in [1.82, 2.24) is 5.32 Å². The number of ether oxygens (including phenoxy) is 1. The maximum atomic E-state index is 12.1. The van der Waals surface area contributed by atoms with Crippen LogP contribution in [0.4, 0.5) is 4.79 Å². The number of alkyl carbamates (subject to hydrolysis) is 1. The van der Waals surface area contributed by atoms with Gasteiger partial charge in [-0.15, -0.1) is 0 Å². The lowest BCUT2D eigenvalue weighted by Gasteiger charge is -2.32. The van der Waals surface area contributed by atoms with Crippen LogP contribution in [0.25, 0.3) is 6.08 Å². The molecule has 1 heterocycles. The lowest BCUT2D eigenvalue weighted by molar-refractivity contribution is 0.00578. The van der Waals surface area contributed by atoms with Crippen LogP contribution in [0.15, 0.2) is 23.7 Å². The average molecular weight is 418 g/mol. The van der Waals surface area contributed by atoms with E-state index in [1.807, 2.05) is 27.7 Å². The molecule has 8 nitrogen and oxygen atoms in total. The molecule has 1 aliphatic rings. The van der Waals surface area contributed by atoms with Crippen molar-refractivity contribution in [1.29, 1.82) is 0 Å². The highest BCUT2D eigenvalue weighted by Crippen LogP contribution is 2.38. The Morgan fingerprint density at radius 2 is 1.77 bits per heavy atom. The maximum absolute atomic E-state index is 12.1. The second-order valence-corrected chi connectivity index (χ2v) is 9.30. The molecular formula is C21H31BN2O6. The van der Waals surface area contributed by atoms with Crippen LogP contribution in [0.1, 0.15) is 64.4 Å². The molecule has 0 saturated carbocycles. The topological polar surface area (TPSA) is 120 Å². The number of amides is 2. The zero-order valence-corrected chi connectivity index (χ0v) is 18.7. The fourth-order valence-corrected chi connectivity index (χ4v) is 2.74. The minimum Gasteiger partial charge on any atom is -0.507 e. The van der Waals surface area contributed by atoms with Crippen molar-refractivity contribution in [3.05, 3.63) is 34.8 Å². The Morgan fingerprint density at radius 1 is 1.20 bits per heavy atom. The van der Waals surface area contributed by atoms with Crippen LogP contribution in [-0.2, 0) is 14.0 Å². The molecule has 2 rings (SSSR count). The summed E-state index contributed by atoms with van der Waals surface area (Å²) in [6.45, 7) is 13.1. The monoisotopic (exact) mass is 418 g/mol. The van der Waals surface area contributed by atoms with Gasteiger partial charge in [0.15, 0.2) is 0 Å². The molecule has 1 fully saturated rings. The third-order valence-electron chi connectivity index (χ3n) is 5.03. The molecule has 0 unspecified atom stereocenters. The van der Waals surface area contributed by atoms with Crippen LogP contribution in [0.2, 0.25) is 0 Å². The van der Waals surface area contributed by atoms with Crippen molar-refractivity contribution >= 4 is 25.2 Å². The zero-order chi connectivity index (χ0) is 22.9. The lowest BCUT2D eigenvalue weighted by Crippen LogP contribution is -2.41. The number of primary amides is 1. The SMILES string of the molecule is CC(C)(C)OC(=O)NCC(=Cc1ccc(O)c(C(N)=O)c1)B1OC(C)(C)C(C)(C)O1. The number of hydrogen-bond acceptors (Lipinski definition) is 6. The quantitative estimate of drug-likeness (QED) is 0.633. The molecule has 2 amide bonds. The summed E-state index contributed by atoms with van der Waals surface area (Å²) >= 11 is 0. The highest BCUT2D eigenvalue weighted by atomic mass is 16.7. The molecule has 9 heteroatoms. The summed E-state index contributed by atoms with van der Waals surface area (Å²) in [7, 11) is -0.726. The second-order valence-electron chi connectivity index (χ2n) is 9.30. The van der Waals surface area contributed by atoms with E-state index in [-0.39, 0.29) is 17.9 Å². The van der Waals surface area contributed by atoms with Crippen LogP contribution in [0.3, 0.4) is 0 Å². The number of benzene rings is 1. The van der Waals surface area contributed by atoms with E-state index in [0.717, 1.165) is 0 Å². The molecule has 1 aliphatic heterocycles. The van der Waals surface area contributed by atoms with E-state index >= 15 is 0 Å². The number of rotatable bonds is 5. The van der Waals surface area contributed by atoms with E-state index in [4.69, 9.17) is 19.8 Å². The van der Waals surface area contributed by atoms with Gasteiger partial charge >= 0.3 is 13.2 Å². The van der Waals surface area contributed by atoms with E-state index in [2.05, 4.69) is 5.32 Å². The van der Waals surface area contributed by atoms with E-state index in [0.29, 0.717) is 11.0 Å². The molecule has 1 saturated heterocycles. The van der Waals surface area contributed by atoms with Crippen LogP contribution in [-0.4, -0.2) is 47.6 Å². The molecular weight excluding hydrogens is 387 g/mol. The van der Waals surface area contributed by atoms with Crippen LogP contribution in [0.5, 0.6) is 5.75 Å². The third-order valence-corrected chi connectivity index (χ3v) is 5.03. The molecule has 1 aromatic rings. The van der Waals surface area contributed by atoms with Crippen molar-refractivity contribution in [2.24, 2.45) is 5.73 Å². The summed E-state index contributed by atoms with van der Waals surface area (Å²) in [5.74, 6) is -0.949. The molecule has 0 bridgehead atoms. The molecule has 0 radical (unpaired) electrons. The van der Waals surface area contributed by atoms with Crippen LogP contribution < -0.4 is 11.1 Å². The van der Waals surface area contributed by atoms with Crippen molar-refractivity contribution in [2.75, 3.05) is 6.54 Å². The van der Waals surface area contributed by atoms with Crippen molar-refractivity contribution < 1.29 is 28.7 Å². The standard InChI is InChI=1S/C21H31BN2O6/c1-19(2,3)28-18(27)24-12-14(22-29-20(4,5)21(6,7)30-22)10-13-8-9-16(25)15(11-13)17(23)26/h8-11,25H,12H2,1-7H3,(H2,23,26)(H,24,27). The van der Waals surface area contributed by atoms with Gasteiger partial charge in [0.25, 0.3) is 5.91 Å². The van der Waals surface area contributed by atoms with Gasteiger partial charge in [0.05, 0.1) is 16.8 Å². The number of aromatic hydroxyl groups is 1. The molecule has 1 aromatic carbocycles. The second kappa shape index (κ2) is 8.31. The van der Waals surface area contributed by atoms with Crippen LogP contribution in [0, 0.1) is 0 Å². The Bertz CT molecular complexity index is 842. The summed E-state index contributed by atoms with van der Waals surface area (Å²) in [4.78, 5) is 23.7. The first-order valence-corrected chi connectivity index (χ1v) is 9.77. The number of hydrogen-bond donors (Lipinski definition) is 3. The summed E-state index contributed by atoms with van der Waals surface area (Å²) in [5, 5.41) is 12.5. The first kappa shape index (κ1) is 23.8. The molecule has 0 atom stereocenters. The predicted molar refractivity (Wildman–Crippen MR) is 115 cm³/mol. The average Bonchev–Trinajstić information content (AvgIpc) is 2.78. The fraction of sp³-hybridized carbons (Fsp3) is 0.524. The first-order valence-electron chi connectivity index (χ1n) is 9.77. The maximum Gasteiger partial charge on any atom is 0.492 e. The molecule has 0 spiro atoms. The van der Waals surface area contributed by atoms with E-state index < -0.39 is 35.9 Å². The van der Waals surface area contributed by atoms with Crippen LogP contribution >= 0.6 is 0 Å². The number of phenols is 1. The Hall–Kier alpha value is -2.52. The van der Waals surface area contributed by atoms with Gasteiger partial charge < -0.3 is 30.2 Å². The van der Waals surface area contributed by atoms with Crippen molar-refractivity contribution in [3.8, 4) is 5.75 Å². The third kappa shape index (κ3) is 5.76. The minimum atomic E-state index is -0.744. The summed E-state index contributed by atoms with van der Waals surface area (Å²) in [5.41, 5.74) is 4.75.